The lowest BCUT2D eigenvalue weighted by Crippen LogP contribution is -2.16. The Bertz CT molecular complexity index is 543. The highest BCUT2D eigenvalue weighted by molar-refractivity contribution is 7.09. The Morgan fingerprint density at radius 1 is 1.41 bits per heavy atom. The molecule has 0 aliphatic carbocycles. The summed E-state index contributed by atoms with van der Waals surface area (Å²) in [5.41, 5.74) is 1.52. The van der Waals surface area contributed by atoms with Crippen molar-refractivity contribution in [2.75, 3.05) is 11.9 Å². The first kappa shape index (κ1) is 12.0. The standard InChI is InChI=1S/C13H11ClN2S/c1-16(9-12-3-2-6-17-12)13-7-11(14)5-4-10(13)8-15/h2-7H,9H2,1H3. The monoisotopic (exact) mass is 262 g/mol. The van der Waals surface area contributed by atoms with E-state index in [-0.39, 0.29) is 0 Å². The fourth-order valence-corrected chi connectivity index (χ4v) is 2.56. The topological polar surface area (TPSA) is 27.0 Å². The molecule has 0 fully saturated rings. The van der Waals surface area contributed by atoms with Crippen LogP contribution in [0.2, 0.25) is 5.02 Å². The number of nitrogens with zero attached hydrogens (tertiary/aromatic N) is 2. The molecule has 2 rings (SSSR count). The van der Waals surface area contributed by atoms with Crippen LogP contribution in [0.15, 0.2) is 35.7 Å². The SMILES string of the molecule is CN(Cc1cccs1)c1cc(Cl)ccc1C#N. The zero-order valence-corrected chi connectivity index (χ0v) is 10.9. The summed E-state index contributed by atoms with van der Waals surface area (Å²) in [5.74, 6) is 0. The lowest BCUT2D eigenvalue weighted by atomic mass is 10.2. The van der Waals surface area contributed by atoms with E-state index in [1.165, 1.54) is 4.88 Å². The second-order valence-electron chi connectivity index (χ2n) is 3.71. The van der Waals surface area contributed by atoms with Crippen LogP contribution in [0.1, 0.15) is 10.4 Å². The molecule has 0 saturated carbocycles. The van der Waals surface area contributed by atoms with Crippen molar-refractivity contribution in [2.45, 2.75) is 6.54 Å². The van der Waals surface area contributed by atoms with Crippen LogP contribution in [-0.4, -0.2) is 7.05 Å². The van der Waals surface area contributed by atoms with Crippen molar-refractivity contribution in [3.05, 3.63) is 51.2 Å². The predicted molar refractivity (Wildman–Crippen MR) is 72.6 cm³/mol. The van der Waals surface area contributed by atoms with Gasteiger partial charge in [-0.1, -0.05) is 17.7 Å². The smallest absolute Gasteiger partial charge is 0.101 e. The van der Waals surface area contributed by atoms with Crippen molar-refractivity contribution < 1.29 is 0 Å². The highest BCUT2D eigenvalue weighted by Crippen LogP contribution is 2.25. The summed E-state index contributed by atoms with van der Waals surface area (Å²) < 4.78 is 0. The molecule has 0 aliphatic heterocycles. The summed E-state index contributed by atoms with van der Waals surface area (Å²) >= 11 is 7.67. The van der Waals surface area contributed by atoms with Gasteiger partial charge in [0.25, 0.3) is 0 Å². The molecule has 0 aliphatic rings. The Morgan fingerprint density at radius 2 is 2.24 bits per heavy atom. The van der Waals surface area contributed by atoms with Gasteiger partial charge in [-0.25, -0.2) is 0 Å². The van der Waals surface area contributed by atoms with Gasteiger partial charge in [0, 0.05) is 16.9 Å². The number of benzene rings is 1. The van der Waals surface area contributed by atoms with Gasteiger partial charge in [-0.15, -0.1) is 11.3 Å². The largest absolute Gasteiger partial charge is 0.368 e. The van der Waals surface area contributed by atoms with E-state index in [0.29, 0.717) is 10.6 Å². The van der Waals surface area contributed by atoms with E-state index in [0.717, 1.165) is 12.2 Å². The number of anilines is 1. The molecule has 0 bridgehead atoms. The van der Waals surface area contributed by atoms with Crippen LogP contribution in [0, 0.1) is 11.3 Å². The Labute approximate surface area is 110 Å². The molecule has 1 heterocycles. The number of halogens is 1. The van der Waals surface area contributed by atoms with Gasteiger partial charge in [0.2, 0.25) is 0 Å². The third-order valence-corrected chi connectivity index (χ3v) is 3.56. The van der Waals surface area contributed by atoms with Crippen molar-refractivity contribution in [1.82, 2.24) is 0 Å². The minimum atomic E-state index is 0.647. The van der Waals surface area contributed by atoms with Gasteiger partial charge in [-0.3, -0.25) is 0 Å². The molecular formula is C13H11ClN2S. The van der Waals surface area contributed by atoms with E-state index in [1.807, 2.05) is 29.5 Å². The molecule has 17 heavy (non-hydrogen) atoms. The maximum Gasteiger partial charge on any atom is 0.101 e. The highest BCUT2D eigenvalue weighted by atomic mass is 35.5. The van der Waals surface area contributed by atoms with E-state index in [2.05, 4.69) is 12.1 Å². The fraction of sp³-hybridized carbons (Fsp3) is 0.154. The van der Waals surface area contributed by atoms with Crippen LogP contribution in [0.25, 0.3) is 0 Å². The number of rotatable bonds is 3. The summed E-state index contributed by atoms with van der Waals surface area (Å²) in [6.45, 7) is 0.784. The number of nitriles is 1. The molecule has 0 radical (unpaired) electrons. The maximum absolute atomic E-state index is 9.07. The molecule has 0 atom stereocenters. The second-order valence-corrected chi connectivity index (χ2v) is 5.18. The van der Waals surface area contributed by atoms with Crippen LogP contribution < -0.4 is 4.90 Å². The Hall–Kier alpha value is -1.50. The van der Waals surface area contributed by atoms with E-state index >= 15 is 0 Å². The molecule has 0 saturated heterocycles. The summed E-state index contributed by atoms with van der Waals surface area (Å²) in [5, 5.41) is 11.8. The first-order valence-electron chi connectivity index (χ1n) is 5.14. The highest BCUT2D eigenvalue weighted by Gasteiger charge is 2.09. The predicted octanol–water partition coefficient (Wildman–Crippen LogP) is 3.91. The quantitative estimate of drug-likeness (QED) is 0.839. The molecule has 2 nitrogen and oxygen atoms in total. The average molecular weight is 263 g/mol. The zero-order valence-electron chi connectivity index (χ0n) is 9.35. The molecular weight excluding hydrogens is 252 g/mol. The summed E-state index contributed by atoms with van der Waals surface area (Å²) in [4.78, 5) is 3.30. The van der Waals surface area contributed by atoms with Crippen LogP contribution >= 0.6 is 22.9 Å². The van der Waals surface area contributed by atoms with Crippen molar-refractivity contribution in [3.63, 3.8) is 0 Å². The minimum absolute atomic E-state index is 0.647. The van der Waals surface area contributed by atoms with Gasteiger partial charge >= 0.3 is 0 Å². The molecule has 2 aromatic rings. The molecule has 0 spiro atoms. The Morgan fingerprint density at radius 3 is 2.88 bits per heavy atom. The van der Waals surface area contributed by atoms with Crippen LogP contribution in [0.5, 0.6) is 0 Å². The number of hydrogen-bond acceptors (Lipinski definition) is 3. The summed E-state index contributed by atoms with van der Waals surface area (Å²) in [7, 11) is 1.96. The van der Waals surface area contributed by atoms with Crippen molar-refractivity contribution >= 4 is 28.6 Å². The Kier molecular flexibility index (Phi) is 3.68. The Balaban J connectivity index is 2.27. The van der Waals surface area contributed by atoms with E-state index in [1.54, 1.807) is 23.5 Å². The summed E-state index contributed by atoms with van der Waals surface area (Å²) in [6, 6.07) is 11.6. The van der Waals surface area contributed by atoms with Crippen LogP contribution in [0.3, 0.4) is 0 Å². The molecule has 0 N–H and O–H groups in total. The van der Waals surface area contributed by atoms with Crippen molar-refractivity contribution in [1.29, 1.82) is 5.26 Å². The maximum atomic E-state index is 9.07. The summed E-state index contributed by atoms with van der Waals surface area (Å²) in [6.07, 6.45) is 0. The second kappa shape index (κ2) is 5.22. The van der Waals surface area contributed by atoms with Crippen molar-refractivity contribution in [3.8, 4) is 6.07 Å². The number of thiophene rings is 1. The van der Waals surface area contributed by atoms with Gasteiger partial charge in [0.05, 0.1) is 17.8 Å². The average Bonchev–Trinajstić information content (AvgIpc) is 2.81. The van der Waals surface area contributed by atoms with E-state index in [9.17, 15) is 0 Å². The van der Waals surface area contributed by atoms with Gasteiger partial charge in [0.15, 0.2) is 0 Å². The van der Waals surface area contributed by atoms with E-state index < -0.39 is 0 Å². The number of hydrogen-bond donors (Lipinski definition) is 0. The van der Waals surface area contributed by atoms with Crippen molar-refractivity contribution in [2.24, 2.45) is 0 Å². The molecule has 0 amide bonds. The van der Waals surface area contributed by atoms with Crippen LogP contribution in [-0.2, 0) is 6.54 Å². The molecule has 4 heteroatoms. The third kappa shape index (κ3) is 2.79. The van der Waals surface area contributed by atoms with Gasteiger partial charge in [0.1, 0.15) is 6.07 Å². The first-order valence-corrected chi connectivity index (χ1v) is 6.39. The van der Waals surface area contributed by atoms with E-state index in [4.69, 9.17) is 16.9 Å². The molecule has 86 valence electrons. The normalized spacial score (nSPS) is 9.94. The molecule has 0 unspecified atom stereocenters. The lowest BCUT2D eigenvalue weighted by molar-refractivity contribution is 0.938. The van der Waals surface area contributed by atoms with Gasteiger partial charge in [-0.05, 0) is 29.6 Å². The molecule has 1 aromatic carbocycles. The minimum Gasteiger partial charge on any atom is -0.368 e. The lowest BCUT2D eigenvalue weighted by Gasteiger charge is -2.19. The van der Waals surface area contributed by atoms with Gasteiger partial charge < -0.3 is 4.90 Å². The fourth-order valence-electron chi connectivity index (χ4n) is 1.64. The third-order valence-electron chi connectivity index (χ3n) is 2.46. The zero-order chi connectivity index (χ0) is 12.3. The first-order chi connectivity index (χ1) is 8.20. The van der Waals surface area contributed by atoms with Crippen LogP contribution in [0.4, 0.5) is 5.69 Å². The molecule has 1 aromatic heterocycles. The van der Waals surface area contributed by atoms with Gasteiger partial charge in [-0.2, -0.15) is 5.26 Å².